The summed E-state index contributed by atoms with van der Waals surface area (Å²) in [6.45, 7) is 5.72. The van der Waals surface area contributed by atoms with Gasteiger partial charge >= 0.3 is 5.97 Å². The number of methoxy groups -OCH3 is 1. The summed E-state index contributed by atoms with van der Waals surface area (Å²) in [4.78, 5) is 26.3. The Labute approximate surface area is 126 Å². The molecule has 2 rings (SSSR count). The first-order valence-corrected chi connectivity index (χ1v) is 7.34. The van der Waals surface area contributed by atoms with Crippen LogP contribution in [-0.2, 0) is 14.3 Å². The zero-order chi connectivity index (χ0) is 15.6. The predicted octanol–water partition coefficient (Wildman–Crippen LogP) is 2.94. The van der Waals surface area contributed by atoms with Crippen molar-refractivity contribution >= 4 is 11.9 Å². The van der Waals surface area contributed by atoms with Gasteiger partial charge in [-0.15, -0.1) is 0 Å². The average molecular weight is 289 g/mol. The summed E-state index contributed by atoms with van der Waals surface area (Å²) in [6.07, 6.45) is 1.18. The molecule has 0 bridgehead atoms. The fourth-order valence-corrected chi connectivity index (χ4v) is 3.19. The van der Waals surface area contributed by atoms with Crippen molar-refractivity contribution in [2.75, 3.05) is 7.11 Å². The molecule has 1 aromatic rings. The van der Waals surface area contributed by atoms with Crippen LogP contribution in [0.25, 0.3) is 0 Å². The molecule has 0 aliphatic carbocycles. The van der Waals surface area contributed by atoms with E-state index in [0.29, 0.717) is 12.8 Å². The lowest BCUT2D eigenvalue weighted by Gasteiger charge is -2.39. The molecular formula is C17H23NO3. The zero-order valence-electron chi connectivity index (χ0n) is 13.1. The summed E-state index contributed by atoms with van der Waals surface area (Å²) < 4.78 is 4.92. The Morgan fingerprint density at radius 3 is 2.52 bits per heavy atom. The number of benzene rings is 1. The number of nitrogens with zero attached hydrogens (tertiary/aromatic N) is 1. The molecule has 0 radical (unpaired) electrons. The number of amides is 1. The fraction of sp³-hybridized carbons (Fsp3) is 0.529. The molecule has 1 aromatic carbocycles. The summed E-state index contributed by atoms with van der Waals surface area (Å²) in [5.74, 6) is -0.166. The number of hydrogen-bond acceptors (Lipinski definition) is 3. The summed E-state index contributed by atoms with van der Waals surface area (Å²) >= 11 is 0. The Morgan fingerprint density at radius 2 is 1.95 bits per heavy atom. The van der Waals surface area contributed by atoms with Crippen molar-refractivity contribution in [3.8, 4) is 0 Å². The highest BCUT2D eigenvalue weighted by Crippen LogP contribution is 2.39. The van der Waals surface area contributed by atoms with Crippen LogP contribution in [0.15, 0.2) is 30.3 Å². The molecule has 0 saturated carbocycles. The molecule has 21 heavy (non-hydrogen) atoms. The maximum Gasteiger partial charge on any atom is 0.313 e. The number of hydrogen-bond donors (Lipinski definition) is 0. The van der Waals surface area contributed by atoms with Gasteiger partial charge in [-0.1, -0.05) is 30.3 Å². The Morgan fingerprint density at radius 1 is 1.33 bits per heavy atom. The highest BCUT2D eigenvalue weighted by atomic mass is 16.5. The van der Waals surface area contributed by atoms with Crippen LogP contribution in [0, 0.1) is 5.41 Å². The Kier molecular flexibility index (Phi) is 4.35. The van der Waals surface area contributed by atoms with E-state index in [1.165, 1.54) is 7.11 Å². The van der Waals surface area contributed by atoms with Gasteiger partial charge < -0.3 is 9.64 Å². The number of ether oxygens (including phenoxy) is 1. The Bertz CT molecular complexity index is 524. The maximum absolute atomic E-state index is 12.3. The van der Waals surface area contributed by atoms with Gasteiger partial charge in [-0.3, -0.25) is 9.59 Å². The third-order valence-electron chi connectivity index (χ3n) is 4.50. The van der Waals surface area contributed by atoms with Gasteiger partial charge in [0.2, 0.25) is 5.91 Å². The van der Waals surface area contributed by atoms with Crippen LogP contribution in [0.5, 0.6) is 0 Å². The molecule has 1 unspecified atom stereocenters. The number of carbonyl (C=O) groups is 2. The van der Waals surface area contributed by atoms with Crippen molar-refractivity contribution in [2.45, 2.75) is 45.7 Å². The van der Waals surface area contributed by atoms with Crippen LogP contribution < -0.4 is 0 Å². The van der Waals surface area contributed by atoms with E-state index < -0.39 is 5.41 Å². The Hall–Kier alpha value is -1.84. The van der Waals surface area contributed by atoms with Gasteiger partial charge in [-0.05, 0) is 32.8 Å². The van der Waals surface area contributed by atoms with Crippen LogP contribution in [-0.4, -0.2) is 29.9 Å². The number of likely N-dealkylation sites (tertiary alicyclic amines) is 1. The highest BCUT2D eigenvalue weighted by molar-refractivity contribution is 5.83. The average Bonchev–Trinajstić information content (AvgIpc) is 2.88. The van der Waals surface area contributed by atoms with Crippen molar-refractivity contribution in [1.82, 2.24) is 4.90 Å². The molecular weight excluding hydrogens is 266 g/mol. The minimum atomic E-state index is -0.704. The van der Waals surface area contributed by atoms with E-state index in [0.717, 1.165) is 5.56 Å². The molecule has 4 nitrogen and oxygen atoms in total. The fourth-order valence-electron chi connectivity index (χ4n) is 3.19. The second kappa shape index (κ2) is 5.88. The van der Waals surface area contributed by atoms with E-state index in [2.05, 4.69) is 0 Å². The first kappa shape index (κ1) is 15.5. The van der Waals surface area contributed by atoms with Crippen molar-refractivity contribution in [1.29, 1.82) is 0 Å². The lowest BCUT2D eigenvalue weighted by molar-refractivity contribution is -0.156. The van der Waals surface area contributed by atoms with Crippen LogP contribution in [0.4, 0.5) is 0 Å². The van der Waals surface area contributed by atoms with Gasteiger partial charge in [-0.2, -0.15) is 0 Å². The molecule has 4 heteroatoms. The minimum Gasteiger partial charge on any atom is -0.469 e. The largest absolute Gasteiger partial charge is 0.469 e. The minimum absolute atomic E-state index is 0.0462. The maximum atomic E-state index is 12.3. The SMILES string of the molecule is COC(=O)C(C)(C)C1CCC(=O)N1[C@H](C)c1ccccc1. The molecule has 114 valence electrons. The van der Waals surface area contributed by atoms with E-state index in [1.54, 1.807) is 0 Å². The summed E-state index contributed by atoms with van der Waals surface area (Å²) in [5, 5.41) is 0. The molecule has 1 aliphatic heterocycles. The summed E-state index contributed by atoms with van der Waals surface area (Å²) in [7, 11) is 1.39. The van der Waals surface area contributed by atoms with Crippen LogP contribution in [0.2, 0.25) is 0 Å². The normalized spacial score (nSPS) is 20.5. The van der Waals surface area contributed by atoms with Crippen LogP contribution in [0.3, 0.4) is 0 Å². The van der Waals surface area contributed by atoms with Crippen LogP contribution in [0.1, 0.15) is 45.2 Å². The van der Waals surface area contributed by atoms with Gasteiger partial charge in [-0.25, -0.2) is 0 Å². The predicted molar refractivity (Wildman–Crippen MR) is 80.5 cm³/mol. The number of rotatable bonds is 4. The van der Waals surface area contributed by atoms with Gasteiger partial charge in [0.05, 0.1) is 18.6 Å². The summed E-state index contributed by atoms with van der Waals surface area (Å²) in [5.41, 5.74) is 0.377. The summed E-state index contributed by atoms with van der Waals surface area (Å²) in [6, 6.07) is 9.73. The molecule has 1 aliphatic rings. The quantitative estimate of drug-likeness (QED) is 0.801. The smallest absolute Gasteiger partial charge is 0.313 e. The topological polar surface area (TPSA) is 46.6 Å². The van der Waals surface area contributed by atoms with Crippen molar-refractivity contribution in [3.05, 3.63) is 35.9 Å². The van der Waals surface area contributed by atoms with Gasteiger partial charge in [0.1, 0.15) is 0 Å². The molecule has 1 saturated heterocycles. The molecule has 0 N–H and O–H groups in total. The van der Waals surface area contributed by atoms with Crippen molar-refractivity contribution in [2.24, 2.45) is 5.41 Å². The van der Waals surface area contributed by atoms with Gasteiger partial charge in [0.15, 0.2) is 0 Å². The third kappa shape index (κ3) is 2.80. The van der Waals surface area contributed by atoms with Crippen molar-refractivity contribution < 1.29 is 14.3 Å². The molecule has 0 spiro atoms. The number of esters is 1. The van der Waals surface area contributed by atoms with Gasteiger partial charge in [0.25, 0.3) is 0 Å². The van der Waals surface area contributed by atoms with Gasteiger partial charge in [0, 0.05) is 12.5 Å². The standard InChI is InChI=1S/C17H23NO3/c1-12(13-8-6-5-7-9-13)18-14(10-11-15(18)19)17(2,3)16(20)21-4/h5-9,12,14H,10-11H2,1-4H3/t12-,14?/m1/s1. The second-order valence-corrected chi connectivity index (χ2v) is 6.16. The van der Waals surface area contributed by atoms with Crippen LogP contribution >= 0.6 is 0 Å². The monoisotopic (exact) mass is 289 g/mol. The van der Waals surface area contributed by atoms with E-state index in [4.69, 9.17) is 4.74 Å². The lowest BCUT2D eigenvalue weighted by Crippen LogP contribution is -2.48. The third-order valence-corrected chi connectivity index (χ3v) is 4.50. The van der Waals surface area contributed by atoms with Crippen molar-refractivity contribution in [3.63, 3.8) is 0 Å². The molecule has 1 fully saturated rings. The molecule has 1 amide bonds. The second-order valence-electron chi connectivity index (χ2n) is 6.16. The molecule has 1 heterocycles. The molecule has 2 atom stereocenters. The van der Waals surface area contributed by atoms with E-state index in [-0.39, 0.29) is 24.0 Å². The first-order valence-electron chi connectivity index (χ1n) is 7.34. The zero-order valence-corrected chi connectivity index (χ0v) is 13.1. The lowest BCUT2D eigenvalue weighted by atomic mass is 9.82. The van der Waals surface area contributed by atoms with E-state index >= 15 is 0 Å². The number of carbonyl (C=O) groups excluding carboxylic acids is 2. The Balaban J connectivity index is 2.31. The highest BCUT2D eigenvalue weighted by Gasteiger charge is 2.47. The molecule has 0 aromatic heterocycles. The van der Waals surface area contributed by atoms with E-state index in [1.807, 2.05) is 56.0 Å². The van der Waals surface area contributed by atoms with E-state index in [9.17, 15) is 9.59 Å². The first-order chi connectivity index (χ1) is 9.89.